The topological polar surface area (TPSA) is 131 Å². The van der Waals surface area contributed by atoms with E-state index < -0.39 is 40.3 Å². The average Bonchev–Trinajstić information content (AvgIpc) is 3.75. The van der Waals surface area contributed by atoms with Crippen molar-refractivity contribution in [3.05, 3.63) is 64.3 Å². The summed E-state index contributed by atoms with van der Waals surface area (Å²) in [7, 11) is 0. The summed E-state index contributed by atoms with van der Waals surface area (Å²) in [6.45, 7) is 17.2. The van der Waals surface area contributed by atoms with Crippen molar-refractivity contribution in [2.24, 2.45) is 0 Å². The van der Waals surface area contributed by atoms with Gasteiger partial charge in [-0.3, -0.25) is 4.98 Å². The fourth-order valence-corrected chi connectivity index (χ4v) is 6.94. The molecule has 0 bridgehead atoms. The summed E-state index contributed by atoms with van der Waals surface area (Å²) in [5.74, 6) is -4.82. The van der Waals surface area contributed by atoms with Crippen LogP contribution < -0.4 is 9.80 Å². The fourth-order valence-electron chi connectivity index (χ4n) is 6.44. The Balaban J connectivity index is 0.000000199. The van der Waals surface area contributed by atoms with Crippen LogP contribution >= 0.6 is 15.9 Å². The first kappa shape index (κ1) is 41.5. The summed E-state index contributed by atoms with van der Waals surface area (Å²) in [5, 5.41) is 0. The van der Waals surface area contributed by atoms with Crippen molar-refractivity contribution in [3.63, 3.8) is 0 Å². The molecule has 2 aliphatic heterocycles. The number of carbonyl (C=O) groups excluding carboxylic acids is 2. The van der Waals surface area contributed by atoms with Crippen LogP contribution in [-0.2, 0) is 9.47 Å². The monoisotopic (exact) mass is 861 g/mol. The van der Waals surface area contributed by atoms with Gasteiger partial charge in [-0.2, -0.15) is 9.97 Å². The highest BCUT2D eigenvalue weighted by molar-refractivity contribution is 9.10. The summed E-state index contributed by atoms with van der Waals surface area (Å²) in [5.41, 5.74) is -1.00. The first-order valence-corrected chi connectivity index (χ1v) is 19.1. The minimum absolute atomic E-state index is 0.00190. The van der Waals surface area contributed by atoms with Gasteiger partial charge in [0.25, 0.3) is 12.0 Å². The lowest BCUT2D eigenvalue weighted by Crippen LogP contribution is -2.54. The number of ether oxygens (including phenoxy) is 2. The van der Waals surface area contributed by atoms with E-state index in [9.17, 15) is 27.2 Å². The normalized spacial score (nSPS) is 17.8. The second kappa shape index (κ2) is 16.0. The lowest BCUT2D eigenvalue weighted by molar-refractivity contribution is 0.0207. The van der Waals surface area contributed by atoms with Crippen LogP contribution in [0.4, 0.5) is 39.2 Å². The molecule has 306 valence electrons. The van der Waals surface area contributed by atoms with Gasteiger partial charge in [-0.25, -0.2) is 27.2 Å². The van der Waals surface area contributed by atoms with E-state index in [1.54, 1.807) is 47.6 Å². The first-order chi connectivity index (χ1) is 26.7. The third-order valence-electron chi connectivity index (χ3n) is 9.02. The second-order valence-electron chi connectivity index (χ2n) is 15.9. The maximum atomic E-state index is 14.7. The van der Waals surface area contributed by atoms with Crippen molar-refractivity contribution in [1.29, 1.82) is 0 Å². The Labute approximate surface area is 335 Å². The van der Waals surface area contributed by atoms with Crippen LogP contribution in [0.2, 0.25) is 0 Å². The third kappa shape index (κ3) is 9.21. The van der Waals surface area contributed by atoms with Gasteiger partial charge >= 0.3 is 12.2 Å². The van der Waals surface area contributed by atoms with Crippen molar-refractivity contribution in [3.8, 4) is 11.3 Å². The molecule has 2 fully saturated rings. The largest absolute Gasteiger partial charge is 0.444 e. The van der Waals surface area contributed by atoms with Crippen molar-refractivity contribution in [1.82, 2.24) is 24.8 Å². The third-order valence-corrected chi connectivity index (χ3v) is 9.61. The standard InChI is InChI=1S/C22H23F3N4O3.C17H21BrFN3O3/c1-12-11-28(21(30)32-22(2,3)4)9-10-29(12)20-27-18-17(25)16(24)15(23)14(19(18)31-20)13-7-5-6-8-26-13;1-10-9-21(16(23)25-17(2,3)4)5-6-22(10)15-20-13-8-11(19)7-12(18)14(13)24-15/h5-8,12H,9-11H2,1-4H3;7-8,10H,5-6,9H2,1-4H3/t12-;10-/m00/s1. The minimum Gasteiger partial charge on any atom is -0.444 e. The number of nitrogens with zero attached hydrogens (tertiary/aromatic N) is 7. The minimum atomic E-state index is -1.64. The Morgan fingerprint density at radius 3 is 1.81 bits per heavy atom. The van der Waals surface area contributed by atoms with Crippen molar-refractivity contribution in [2.75, 3.05) is 49.1 Å². The van der Waals surface area contributed by atoms with Gasteiger partial charge in [0.05, 0.1) is 15.7 Å². The van der Waals surface area contributed by atoms with Gasteiger partial charge in [-0.1, -0.05) is 6.07 Å². The van der Waals surface area contributed by atoms with Crippen LogP contribution in [-0.4, -0.2) is 99.5 Å². The van der Waals surface area contributed by atoms with Crippen LogP contribution in [0.3, 0.4) is 0 Å². The number of anilines is 2. The highest BCUT2D eigenvalue weighted by Crippen LogP contribution is 2.37. The molecule has 2 atom stereocenters. The molecular formula is C39H44BrF4N7O6. The number of rotatable bonds is 3. The van der Waals surface area contributed by atoms with Crippen molar-refractivity contribution >= 4 is 62.3 Å². The lowest BCUT2D eigenvalue weighted by atomic mass is 10.1. The molecule has 18 heteroatoms. The van der Waals surface area contributed by atoms with Gasteiger partial charge in [0.15, 0.2) is 34.1 Å². The van der Waals surface area contributed by atoms with Crippen LogP contribution in [0.1, 0.15) is 55.4 Å². The van der Waals surface area contributed by atoms with E-state index in [1.165, 1.54) is 24.4 Å². The van der Waals surface area contributed by atoms with Gasteiger partial charge in [0.2, 0.25) is 0 Å². The Hall–Kier alpha value is -5.13. The van der Waals surface area contributed by atoms with Crippen LogP contribution in [0.15, 0.2) is 49.8 Å². The fraction of sp³-hybridized carbons (Fsp3) is 0.462. The zero-order valence-corrected chi connectivity index (χ0v) is 34.4. The molecule has 2 saturated heterocycles. The lowest BCUT2D eigenvalue weighted by Gasteiger charge is -2.39. The van der Waals surface area contributed by atoms with Gasteiger partial charge in [-0.15, -0.1) is 0 Å². The molecule has 0 N–H and O–H groups in total. The Morgan fingerprint density at radius 2 is 1.30 bits per heavy atom. The number of carbonyl (C=O) groups is 2. The van der Waals surface area contributed by atoms with Crippen LogP contribution in [0.25, 0.3) is 33.5 Å². The highest BCUT2D eigenvalue weighted by Gasteiger charge is 2.35. The van der Waals surface area contributed by atoms with Gasteiger partial charge in [0, 0.05) is 63.6 Å². The van der Waals surface area contributed by atoms with Gasteiger partial charge in [0.1, 0.15) is 22.5 Å². The van der Waals surface area contributed by atoms with Crippen LogP contribution in [0, 0.1) is 23.3 Å². The maximum Gasteiger partial charge on any atom is 0.410 e. The predicted octanol–water partition coefficient (Wildman–Crippen LogP) is 8.93. The molecule has 5 heterocycles. The molecule has 57 heavy (non-hydrogen) atoms. The van der Waals surface area contributed by atoms with E-state index in [2.05, 4.69) is 30.9 Å². The van der Waals surface area contributed by atoms with Crippen molar-refractivity contribution in [2.45, 2.75) is 78.7 Å². The molecule has 0 saturated carbocycles. The highest BCUT2D eigenvalue weighted by atomic mass is 79.9. The van der Waals surface area contributed by atoms with E-state index in [-0.39, 0.29) is 46.8 Å². The number of amides is 2. The number of fused-ring (bicyclic) bond motifs is 2. The van der Waals surface area contributed by atoms with Gasteiger partial charge in [-0.05, 0) is 89.5 Å². The number of oxazole rings is 2. The molecule has 0 spiro atoms. The van der Waals surface area contributed by atoms with E-state index in [0.29, 0.717) is 60.9 Å². The molecule has 0 aliphatic carbocycles. The molecule has 7 rings (SSSR count). The molecule has 0 radical (unpaired) electrons. The first-order valence-electron chi connectivity index (χ1n) is 18.3. The summed E-state index contributed by atoms with van der Waals surface area (Å²) in [6.07, 6.45) is 0.660. The molecule has 13 nitrogen and oxygen atoms in total. The number of pyridine rings is 1. The molecule has 3 aromatic heterocycles. The van der Waals surface area contributed by atoms with E-state index >= 15 is 0 Å². The molecule has 2 aromatic carbocycles. The number of hydrogen-bond acceptors (Lipinski definition) is 11. The van der Waals surface area contributed by atoms with Gasteiger partial charge < -0.3 is 37.9 Å². The average molecular weight is 863 g/mol. The summed E-state index contributed by atoms with van der Waals surface area (Å²) >= 11 is 3.29. The molecule has 2 aliphatic rings. The SMILES string of the molecule is C[C@H]1CN(C(=O)OC(C)(C)C)CCN1c1nc2c(F)c(F)c(F)c(-c3ccccn3)c2o1.C[C@H]1CN(C(=O)OC(C)(C)C)CCN1c1nc2cc(F)cc(Br)c2o1. The molecule has 5 aromatic rings. The van der Waals surface area contributed by atoms with E-state index in [1.807, 2.05) is 39.5 Å². The zero-order chi connectivity index (χ0) is 41.6. The number of piperazine rings is 2. The van der Waals surface area contributed by atoms with Crippen molar-refractivity contribution < 1.29 is 45.5 Å². The Morgan fingerprint density at radius 1 is 0.754 bits per heavy atom. The molecule has 2 amide bonds. The number of hydrogen-bond donors (Lipinski definition) is 0. The second-order valence-corrected chi connectivity index (χ2v) is 16.7. The van der Waals surface area contributed by atoms with E-state index in [0.717, 1.165) is 0 Å². The quantitative estimate of drug-likeness (QED) is 0.127. The number of benzene rings is 2. The Bertz CT molecular complexity index is 2280. The Kier molecular flexibility index (Phi) is 11.7. The predicted molar refractivity (Wildman–Crippen MR) is 208 cm³/mol. The molecule has 0 unspecified atom stereocenters. The number of halogens is 5. The van der Waals surface area contributed by atoms with E-state index in [4.69, 9.17) is 18.3 Å². The molecular weight excluding hydrogens is 818 g/mol. The summed E-state index contributed by atoms with van der Waals surface area (Å²) < 4.78 is 79.9. The smallest absolute Gasteiger partial charge is 0.410 e. The summed E-state index contributed by atoms with van der Waals surface area (Å²) in [4.78, 5) is 44.1. The maximum absolute atomic E-state index is 14.7. The van der Waals surface area contributed by atoms with Crippen LogP contribution in [0.5, 0.6) is 0 Å². The number of aromatic nitrogens is 3. The summed E-state index contributed by atoms with van der Waals surface area (Å²) in [6, 6.07) is 7.56. The zero-order valence-electron chi connectivity index (χ0n) is 32.8.